The van der Waals surface area contributed by atoms with E-state index in [1.165, 1.54) is 0 Å². The van der Waals surface area contributed by atoms with Crippen LogP contribution >= 0.6 is 0 Å². The molecule has 0 fully saturated rings. The van der Waals surface area contributed by atoms with Crippen LogP contribution in [0.4, 0.5) is 0 Å². The van der Waals surface area contributed by atoms with E-state index in [0.717, 1.165) is 27.8 Å². The molecule has 0 bridgehead atoms. The minimum absolute atomic E-state index is 0.313. The van der Waals surface area contributed by atoms with Crippen LogP contribution < -0.4 is 5.63 Å². The van der Waals surface area contributed by atoms with Crippen molar-refractivity contribution in [2.45, 2.75) is 6.92 Å². The van der Waals surface area contributed by atoms with Gasteiger partial charge in [0.1, 0.15) is 5.76 Å². The third kappa shape index (κ3) is 2.86. The lowest BCUT2D eigenvalue weighted by atomic mass is 9.92. The minimum atomic E-state index is -0.313. The van der Waals surface area contributed by atoms with E-state index in [1.54, 1.807) is 0 Å². The topological polar surface area (TPSA) is 30.2 Å². The number of hydrogen-bond acceptors (Lipinski definition) is 2. The van der Waals surface area contributed by atoms with Gasteiger partial charge in [-0.15, -0.1) is 0 Å². The molecule has 0 N–H and O–H groups in total. The van der Waals surface area contributed by atoms with Crippen molar-refractivity contribution in [2.24, 2.45) is 0 Å². The first-order valence-corrected chi connectivity index (χ1v) is 8.59. The maximum Gasteiger partial charge on any atom is 0.344 e. The summed E-state index contributed by atoms with van der Waals surface area (Å²) in [6.07, 6.45) is 0. The Hall–Kier alpha value is -3.39. The molecule has 2 heteroatoms. The lowest BCUT2D eigenvalue weighted by Crippen LogP contribution is -2.08. The van der Waals surface area contributed by atoms with Crippen molar-refractivity contribution in [2.75, 3.05) is 0 Å². The monoisotopic (exact) mass is 338 g/mol. The highest BCUT2D eigenvalue weighted by Crippen LogP contribution is 2.37. The summed E-state index contributed by atoms with van der Waals surface area (Å²) in [6.45, 7) is 1.99. The van der Waals surface area contributed by atoms with Crippen LogP contribution in [-0.4, -0.2) is 0 Å². The van der Waals surface area contributed by atoms with Gasteiger partial charge in [0.05, 0.1) is 5.56 Å². The maximum absolute atomic E-state index is 12.9. The molecule has 0 radical (unpaired) electrons. The minimum Gasteiger partial charge on any atom is -0.422 e. The number of benzene rings is 3. The zero-order chi connectivity index (χ0) is 17.9. The Morgan fingerprint density at radius 3 is 1.50 bits per heavy atom. The molecule has 26 heavy (non-hydrogen) atoms. The van der Waals surface area contributed by atoms with Gasteiger partial charge in [-0.25, -0.2) is 4.79 Å². The molecule has 1 heterocycles. The molecule has 0 aliphatic rings. The molecule has 4 rings (SSSR count). The summed E-state index contributed by atoms with van der Waals surface area (Å²) in [4.78, 5) is 12.9. The van der Waals surface area contributed by atoms with Crippen molar-refractivity contribution in [3.05, 3.63) is 107 Å². The van der Waals surface area contributed by atoms with Crippen LogP contribution in [0.1, 0.15) is 5.56 Å². The Morgan fingerprint density at radius 2 is 1.00 bits per heavy atom. The normalized spacial score (nSPS) is 10.7. The third-order valence-electron chi connectivity index (χ3n) is 4.54. The average molecular weight is 338 g/mol. The van der Waals surface area contributed by atoms with Gasteiger partial charge in [-0.05, 0) is 23.6 Å². The highest BCUT2D eigenvalue weighted by molar-refractivity contribution is 5.86. The van der Waals surface area contributed by atoms with Crippen LogP contribution in [0.25, 0.3) is 33.6 Å². The van der Waals surface area contributed by atoms with E-state index in [2.05, 4.69) is 0 Å². The second-order valence-corrected chi connectivity index (χ2v) is 6.19. The van der Waals surface area contributed by atoms with Crippen LogP contribution in [-0.2, 0) is 0 Å². The number of rotatable bonds is 3. The van der Waals surface area contributed by atoms with Gasteiger partial charge in [0.15, 0.2) is 0 Å². The molecule has 2 nitrogen and oxygen atoms in total. The molecule has 0 aliphatic heterocycles. The van der Waals surface area contributed by atoms with E-state index in [-0.39, 0.29) is 5.63 Å². The van der Waals surface area contributed by atoms with Crippen LogP contribution in [0.5, 0.6) is 0 Å². The van der Waals surface area contributed by atoms with Gasteiger partial charge in [0.25, 0.3) is 0 Å². The van der Waals surface area contributed by atoms with E-state index >= 15 is 0 Å². The number of hydrogen-bond donors (Lipinski definition) is 0. The zero-order valence-corrected chi connectivity index (χ0v) is 14.5. The van der Waals surface area contributed by atoms with Crippen molar-refractivity contribution in [3.8, 4) is 33.6 Å². The molecule has 0 spiro atoms. The lowest BCUT2D eigenvalue weighted by molar-refractivity contribution is 0.528. The van der Waals surface area contributed by atoms with E-state index in [4.69, 9.17) is 4.42 Å². The predicted molar refractivity (Wildman–Crippen MR) is 106 cm³/mol. The van der Waals surface area contributed by atoms with Gasteiger partial charge < -0.3 is 4.42 Å². The Morgan fingerprint density at radius 1 is 0.577 bits per heavy atom. The fraction of sp³-hybridized carbons (Fsp3) is 0.0417. The molecule has 3 aromatic carbocycles. The van der Waals surface area contributed by atoms with Crippen LogP contribution in [0.3, 0.4) is 0 Å². The van der Waals surface area contributed by atoms with Gasteiger partial charge in [-0.1, -0.05) is 91.0 Å². The van der Waals surface area contributed by atoms with Crippen molar-refractivity contribution in [3.63, 3.8) is 0 Å². The highest BCUT2D eigenvalue weighted by atomic mass is 16.4. The second kappa shape index (κ2) is 6.85. The van der Waals surface area contributed by atoms with Gasteiger partial charge >= 0.3 is 5.63 Å². The van der Waals surface area contributed by atoms with Gasteiger partial charge in [-0.2, -0.15) is 0 Å². The molecule has 126 valence electrons. The van der Waals surface area contributed by atoms with Crippen LogP contribution in [0.15, 0.2) is 100 Å². The Bertz CT molecular complexity index is 1080. The molecular formula is C24H18O2. The quantitative estimate of drug-likeness (QED) is 0.462. The van der Waals surface area contributed by atoms with Gasteiger partial charge in [0.2, 0.25) is 0 Å². The molecule has 0 atom stereocenters. The summed E-state index contributed by atoms with van der Waals surface area (Å²) < 4.78 is 5.86. The summed E-state index contributed by atoms with van der Waals surface area (Å²) in [5.41, 5.74) is 4.98. The first-order chi connectivity index (χ1) is 12.8. The third-order valence-corrected chi connectivity index (χ3v) is 4.54. The summed E-state index contributed by atoms with van der Waals surface area (Å²) >= 11 is 0. The van der Waals surface area contributed by atoms with Crippen molar-refractivity contribution in [1.82, 2.24) is 0 Å². The molecule has 1 aromatic heterocycles. The molecule has 0 amide bonds. The van der Waals surface area contributed by atoms with Gasteiger partial charge in [-0.3, -0.25) is 0 Å². The molecular weight excluding hydrogens is 320 g/mol. The zero-order valence-electron chi connectivity index (χ0n) is 14.5. The summed E-state index contributed by atoms with van der Waals surface area (Å²) in [6, 6.07) is 29.5. The Balaban J connectivity index is 2.07. The van der Waals surface area contributed by atoms with Crippen molar-refractivity contribution in [1.29, 1.82) is 0 Å². The molecule has 0 saturated heterocycles. The fourth-order valence-electron chi connectivity index (χ4n) is 3.33. The molecule has 0 saturated carbocycles. The summed E-state index contributed by atoms with van der Waals surface area (Å²) in [7, 11) is 0. The molecule has 0 aliphatic carbocycles. The Kier molecular flexibility index (Phi) is 4.24. The SMILES string of the molecule is Cc1c(-c2ccccc2)c(-c2ccccc2)oc(=O)c1-c1ccccc1. The van der Waals surface area contributed by atoms with E-state index in [9.17, 15) is 4.79 Å². The first-order valence-electron chi connectivity index (χ1n) is 8.59. The molecule has 4 aromatic rings. The standard InChI is InChI=1S/C24H18O2/c1-17-21(18-11-5-2-6-12-18)23(20-15-9-4-10-16-20)26-24(25)22(17)19-13-7-3-8-14-19/h2-16H,1H3. The van der Waals surface area contributed by atoms with Crippen molar-refractivity contribution >= 4 is 0 Å². The van der Waals surface area contributed by atoms with Gasteiger partial charge in [0, 0.05) is 11.1 Å². The predicted octanol–water partition coefficient (Wildman–Crippen LogP) is 5.95. The summed E-state index contributed by atoms with van der Waals surface area (Å²) in [5, 5.41) is 0. The van der Waals surface area contributed by atoms with Crippen LogP contribution in [0.2, 0.25) is 0 Å². The average Bonchev–Trinajstić information content (AvgIpc) is 2.70. The smallest absolute Gasteiger partial charge is 0.344 e. The first kappa shape index (κ1) is 16.1. The van der Waals surface area contributed by atoms with E-state index < -0.39 is 0 Å². The molecule has 0 unspecified atom stereocenters. The second-order valence-electron chi connectivity index (χ2n) is 6.19. The highest BCUT2D eigenvalue weighted by Gasteiger charge is 2.20. The summed E-state index contributed by atoms with van der Waals surface area (Å²) in [5.74, 6) is 0.610. The van der Waals surface area contributed by atoms with Crippen LogP contribution in [0, 0.1) is 6.92 Å². The van der Waals surface area contributed by atoms with E-state index in [0.29, 0.717) is 11.3 Å². The lowest BCUT2D eigenvalue weighted by Gasteiger charge is -2.15. The van der Waals surface area contributed by atoms with Crippen molar-refractivity contribution < 1.29 is 4.42 Å². The largest absolute Gasteiger partial charge is 0.422 e. The fourth-order valence-corrected chi connectivity index (χ4v) is 3.33. The maximum atomic E-state index is 12.9. The van der Waals surface area contributed by atoms with E-state index in [1.807, 2.05) is 97.9 Å². The Labute approximate surface area is 152 Å².